The van der Waals surface area contributed by atoms with Gasteiger partial charge in [-0.15, -0.1) is 5.10 Å². The normalized spacial score (nSPS) is 16.2. The van der Waals surface area contributed by atoms with Crippen molar-refractivity contribution in [3.8, 4) is 46.0 Å². The van der Waals surface area contributed by atoms with Gasteiger partial charge in [0.05, 0.1) is 96.5 Å². The molecule has 3 unspecified atom stereocenters. The van der Waals surface area contributed by atoms with Crippen molar-refractivity contribution >= 4 is 5.97 Å². The van der Waals surface area contributed by atoms with Gasteiger partial charge in [0.25, 0.3) is 0 Å². The van der Waals surface area contributed by atoms with Crippen molar-refractivity contribution in [2.24, 2.45) is 5.73 Å². The summed E-state index contributed by atoms with van der Waals surface area (Å²) in [7, 11) is 0. The maximum atomic E-state index is 14.3. The molecule has 0 fully saturated rings. The molecule has 316 valence electrons. The SMILES string of the molecule is NCCOCCOCCOCCOCCOCCn1cc(COC2c3c(O)cc(O)cc3OC(c3cc(O)c(O)c(O)c3)C2OC(=O)c2cc(O)c(O)c(F)c2)nn1. The monoisotopic (exact) mass is 820 g/mol. The Morgan fingerprint density at radius 2 is 1.33 bits per heavy atom. The summed E-state index contributed by atoms with van der Waals surface area (Å²) in [6.45, 7) is 4.48. The summed E-state index contributed by atoms with van der Waals surface area (Å²) in [6, 6.07) is 5.51. The molecule has 4 aromatic rings. The first-order valence-corrected chi connectivity index (χ1v) is 18.0. The number of ether oxygens (including phenoxy) is 8. The van der Waals surface area contributed by atoms with E-state index in [1.165, 1.54) is 4.68 Å². The number of nitrogens with two attached hydrogens (primary N) is 1. The molecule has 0 radical (unpaired) electrons. The molecule has 21 heteroatoms. The molecule has 1 aromatic heterocycles. The van der Waals surface area contributed by atoms with Gasteiger partial charge in [-0.25, -0.2) is 13.9 Å². The number of fused-ring (bicyclic) bond motifs is 1. The highest BCUT2D eigenvalue weighted by Gasteiger charge is 2.45. The van der Waals surface area contributed by atoms with Crippen LogP contribution in [0.4, 0.5) is 4.39 Å². The van der Waals surface area contributed by atoms with Crippen molar-refractivity contribution in [3.63, 3.8) is 0 Å². The Bertz CT molecular complexity index is 1920. The molecule has 5 rings (SSSR count). The van der Waals surface area contributed by atoms with Crippen molar-refractivity contribution < 1.29 is 82.8 Å². The molecule has 3 atom stereocenters. The van der Waals surface area contributed by atoms with Crippen molar-refractivity contribution in [2.75, 3.05) is 72.6 Å². The van der Waals surface area contributed by atoms with E-state index in [4.69, 9.17) is 43.6 Å². The first-order chi connectivity index (χ1) is 28.0. The highest BCUT2D eigenvalue weighted by atomic mass is 19.1. The van der Waals surface area contributed by atoms with Gasteiger partial charge in [0.15, 0.2) is 46.8 Å². The number of esters is 1. The van der Waals surface area contributed by atoms with Crippen LogP contribution in [0.15, 0.2) is 42.6 Å². The van der Waals surface area contributed by atoms with Crippen molar-refractivity contribution in [2.45, 2.75) is 31.5 Å². The molecule has 0 amide bonds. The maximum absolute atomic E-state index is 14.3. The molecule has 0 spiro atoms. The van der Waals surface area contributed by atoms with Gasteiger partial charge in [0.2, 0.25) is 0 Å². The summed E-state index contributed by atoms with van der Waals surface area (Å²) in [5.41, 5.74) is 4.93. The van der Waals surface area contributed by atoms with Gasteiger partial charge in [0.1, 0.15) is 29.0 Å². The molecule has 2 heterocycles. The quantitative estimate of drug-likeness (QED) is 0.0302. The van der Waals surface area contributed by atoms with Gasteiger partial charge < -0.3 is 79.4 Å². The molecular weight excluding hydrogens is 775 g/mol. The number of rotatable bonds is 23. The van der Waals surface area contributed by atoms with Gasteiger partial charge in [0, 0.05) is 24.2 Å². The third kappa shape index (κ3) is 11.7. The number of hydrogen-bond donors (Lipinski definition) is 8. The summed E-state index contributed by atoms with van der Waals surface area (Å²) in [5.74, 6) is -8.12. The number of benzene rings is 3. The third-order valence-electron chi connectivity index (χ3n) is 8.39. The molecule has 0 aliphatic carbocycles. The second-order valence-corrected chi connectivity index (χ2v) is 12.6. The highest BCUT2D eigenvalue weighted by molar-refractivity contribution is 5.90. The van der Waals surface area contributed by atoms with Crippen LogP contribution in [-0.2, 0) is 46.3 Å². The van der Waals surface area contributed by atoms with E-state index in [-0.39, 0.29) is 35.8 Å². The lowest BCUT2D eigenvalue weighted by Gasteiger charge is -2.39. The van der Waals surface area contributed by atoms with E-state index in [1.54, 1.807) is 6.20 Å². The highest BCUT2D eigenvalue weighted by Crippen LogP contribution is 2.51. The van der Waals surface area contributed by atoms with Crippen molar-refractivity contribution in [1.82, 2.24) is 15.0 Å². The number of phenolic OH excluding ortho intramolecular Hbond substituents is 7. The molecule has 9 N–H and O–H groups in total. The van der Waals surface area contributed by atoms with Crippen LogP contribution >= 0.6 is 0 Å². The summed E-state index contributed by atoms with van der Waals surface area (Å²) in [4.78, 5) is 13.5. The second-order valence-electron chi connectivity index (χ2n) is 12.6. The lowest BCUT2D eigenvalue weighted by Crippen LogP contribution is -2.39. The van der Waals surface area contributed by atoms with Crippen LogP contribution < -0.4 is 10.5 Å². The standard InChI is InChI=1S/C37H45FN4O16/c38-25-13-22(16-27(45)32(25)48)37(50)58-36-34(21-14-28(46)33(49)29(47)15-21)57-30-18-24(43)17-26(44)31(30)35(36)56-20-23-19-42(41-40-23)2-4-52-6-8-54-10-12-55-11-9-53-7-5-51-3-1-39/h13-19,34-36,43-49H,1-12,20,39H2. The number of hydrogen-bond acceptors (Lipinski definition) is 19. The molecule has 0 bridgehead atoms. The van der Waals surface area contributed by atoms with Gasteiger partial charge in [-0.2, -0.15) is 0 Å². The first-order valence-electron chi connectivity index (χ1n) is 18.0. The molecule has 20 nitrogen and oxygen atoms in total. The zero-order valence-electron chi connectivity index (χ0n) is 31.1. The largest absolute Gasteiger partial charge is 0.508 e. The number of carbonyl (C=O) groups is 1. The maximum Gasteiger partial charge on any atom is 0.338 e. The van der Waals surface area contributed by atoms with Crippen LogP contribution in [0.25, 0.3) is 0 Å². The molecule has 58 heavy (non-hydrogen) atoms. The minimum atomic E-state index is -1.62. The van der Waals surface area contributed by atoms with Crippen LogP contribution in [0, 0.1) is 5.82 Å². The van der Waals surface area contributed by atoms with E-state index >= 15 is 0 Å². The number of halogens is 1. The lowest BCUT2D eigenvalue weighted by atomic mass is 9.90. The smallest absolute Gasteiger partial charge is 0.338 e. The molecular formula is C37H45FN4O16. The van der Waals surface area contributed by atoms with Crippen LogP contribution in [-0.4, -0.2) is 135 Å². The Labute approximate surface area is 330 Å². The first kappa shape index (κ1) is 43.4. The number of nitrogens with zero attached hydrogens (tertiary/aromatic N) is 3. The number of carbonyl (C=O) groups excluding carboxylic acids is 1. The Morgan fingerprint density at radius 1 is 0.741 bits per heavy atom. The minimum absolute atomic E-state index is 0.0701. The van der Waals surface area contributed by atoms with Gasteiger partial charge in [-0.3, -0.25) is 0 Å². The Hall–Kier alpha value is -5.68. The molecule has 1 aliphatic heterocycles. The van der Waals surface area contributed by atoms with Crippen LogP contribution in [0.3, 0.4) is 0 Å². The summed E-state index contributed by atoms with van der Waals surface area (Å²) in [6.07, 6.45) is -3.01. The van der Waals surface area contributed by atoms with E-state index in [9.17, 15) is 44.9 Å². The summed E-state index contributed by atoms with van der Waals surface area (Å²) >= 11 is 0. The molecule has 0 saturated carbocycles. The second kappa shape index (κ2) is 21.2. The molecule has 1 aliphatic rings. The topological polar surface area (TPSA) is 289 Å². The number of phenols is 7. The predicted octanol–water partition coefficient (Wildman–Crippen LogP) is 2.02. The fraction of sp³-hybridized carbons (Fsp3) is 0.432. The average Bonchev–Trinajstić information content (AvgIpc) is 3.65. The summed E-state index contributed by atoms with van der Waals surface area (Å²) in [5, 5.41) is 79.7. The van der Waals surface area contributed by atoms with Crippen LogP contribution in [0.1, 0.15) is 39.4 Å². The van der Waals surface area contributed by atoms with Crippen LogP contribution in [0.5, 0.6) is 46.0 Å². The van der Waals surface area contributed by atoms with E-state index in [0.29, 0.717) is 78.6 Å². The Kier molecular flexibility index (Phi) is 15.9. The number of aromatic hydroxyl groups is 7. The van der Waals surface area contributed by atoms with Crippen molar-refractivity contribution in [1.29, 1.82) is 0 Å². The minimum Gasteiger partial charge on any atom is -0.508 e. The summed E-state index contributed by atoms with van der Waals surface area (Å²) < 4.78 is 60.9. The number of aromatic nitrogens is 3. The van der Waals surface area contributed by atoms with E-state index < -0.39 is 75.9 Å². The van der Waals surface area contributed by atoms with Gasteiger partial charge in [-0.1, -0.05) is 5.21 Å². The van der Waals surface area contributed by atoms with Gasteiger partial charge in [-0.05, 0) is 24.3 Å². The lowest BCUT2D eigenvalue weighted by molar-refractivity contribution is -0.116. The van der Waals surface area contributed by atoms with E-state index in [2.05, 4.69) is 10.3 Å². The van der Waals surface area contributed by atoms with Crippen molar-refractivity contribution in [3.05, 3.63) is 70.8 Å². The fourth-order valence-corrected chi connectivity index (χ4v) is 5.66. The fourth-order valence-electron chi connectivity index (χ4n) is 5.66. The van der Waals surface area contributed by atoms with Gasteiger partial charge >= 0.3 is 5.97 Å². The Balaban J connectivity index is 1.20. The zero-order valence-corrected chi connectivity index (χ0v) is 31.1. The third-order valence-corrected chi connectivity index (χ3v) is 8.39. The van der Waals surface area contributed by atoms with Crippen LogP contribution in [0.2, 0.25) is 0 Å². The average molecular weight is 821 g/mol. The molecule has 0 saturated heterocycles. The predicted molar refractivity (Wildman–Crippen MR) is 194 cm³/mol. The van der Waals surface area contributed by atoms with E-state index in [1.807, 2.05) is 0 Å². The zero-order chi connectivity index (χ0) is 41.6. The Morgan fingerprint density at radius 3 is 1.93 bits per heavy atom. The molecule has 3 aromatic carbocycles. The van der Waals surface area contributed by atoms with E-state index in [0.717, 1.165) is 30.3 Å².